The van der Waals surface area contributed by atoms with Crippen LogP contribution in [0.4, 0.5) is 0 Å². The van der Waals surface area contributed by atoms with Gasteiger partial charge in [0.1, 0.15) is 0 Å². The van der Waals surface area contributed by atoms with Crippen LogP contribution in [0.25, 0.3) is 0 Å². The molecule has 0 aliphatic heterocycles. The number of benzene rings is 1. The molecule has 3 N–H and O–H groups in total. The zero-order chi connectivity index (χ0) is 9.90. The fourth-order valence-corrected chi connectivity index (χ4v) is 1.15. The van der Waals surface area contributed by atoms with Gasteiger partial charge in [-0.15, -0.1) is 0 Å². The SMILES string of the molecule is C=CC(O)(c1ccccc1)N(C)N. The van der Waals surface area contributed by atoms with Gasteiger partial charge < -0.3 is 5.11 Å². The first-order chi connectivity index (χ1) is 6.11. The maximum atomic E-state index is 10.1. The minimum absolute atomic E-state index is 0.704. The smallest absolute Gasteiger partial charge is 0.175 e. The number of hydrazine groups is 1. The van der Waals surface area contributed by atoms with Crippen LogP contribution in [-0.4, -0.2) is 17.2 Å². The minimum Gasteiger partial charge on any atom is -0.367 e. The van der Waals surface area contributed by atoms with Gasteiger partial charge in [-0.1, -0.05) is 36.9 Å². The molecule has 1 aromatic carbocycles. The van der Waals surface area contributed by atoms with Crippen molar-refractivity contribution >= 4 is 0 Å². The molecule has 0 aliphatic carbocycles. The van der Waals surface area contributed by atoms with Gasteiger partial charge in [-0.05, 0) is 6.08 Å². The Balaban J connectivity index is 3.10. The highest BCUT2D eigenvalue weighted by Gasteiger charge is 2.28. The summed E-state index contributed by atoms with van der Waals surface area (Å²) in [5, 5.41) is 11.3. The second-order valence-corrected chi connectivity index (χ2v) is 2.91. The predicted molar refractivity (Wildman–Crippen MR) is 52.5 cm³/mol. The van der Waals surface area contributed by atoms with Crippen molar-refractivity contribution in [1.29, 1.82) is 0 Å². The van der Waals surface area contributed by atoms with E-state index in [1.54, 1.807) is 19.2 Å². The molecule has 1 rings (SSSR count). The third-order valence-corrected chi connectivity index (χ3v) is 2.02. The van der Waals surface area contributed by atoms with Gasteiger partial charge in [0, 0.05) is 12.6 Å². The second kappa shape index (κ2) is 3.70. The van der Waals surface area contributed by atoms with E-state index in [0.717, 1.165) is 0 Å². The van der Waals surface area contributed by atoms with Gasteiger partial charge in [0.05, 0.1) is 0 Å². The van der Waals surface area contributed by atoms with E-state index in [1.807, 2.05) is 18.2 Å². The molecule has 70 valence electrons. The van der Waals surface area contributed by atoms with Gasteiger partial charge >= 0.3 is 0 Å². The van der Waals surface area contributed by atoms with Crippen LogP contribution in [0.3, 0.4) is 0 Å². The fourth-order valence-electron chi connectivity index (χ4n) is 1.15. The van der Waals surface area contributed by atoms with Crippen molar-refractivity contribution in [3.63, 3.8) is 0 Å². The van der Waals surface area contributed by atoms with E-state index >= 15 is 0 Å². The molecular weight excluding hydrogens is 164 g/mol. The highest BCUT2D eigenvalue weighted by Crippen LogP contribution is 2.22. The number of hydrogen-bond acceptors (Lipinski definition) is 3. The first-order valence-electron chi connectivity index (χ1n) is 4.01. The number of nitrogens with two attached hydrogens (primary N) is 1. The average molecular weight is 178 g/mol. The number of hydrogen-bond donors (Lipinski definition) is 2. The largest absolute Gasteiger partial charge is 0.367 e. The third kappa shape index (κ3) is 1.78. The Morgan fingerprint density at radius 1 is 1.46 bits per heavy atom. The van der Waals surface area contributed by atoms with E-state index < -0.39 is 5.72 Å². The minimum atomic E-state index is -1.29. The Kier molecular flexibility index (Phi) is 2.83. The number of nitrogens with zero attached hydrogens (tertiary/aromatic N) is 1. The van der Waals surface area contributed by atoms with Crippen LogP contribution in [0.1, 0.15) is 5.56 Å². The number of rotatable bonds is 3. The first kappa shape index (κ1) is 9.92. The molecule has 0 saturated heterocycles. The summed E-state index contributed by atoms with van der Waals surface area (Å²) in [6.07, 6.45) is 1.41. The number of aliphatic hydroxyl groups is 1. The summed E-state index contributed by atoms with van der Waals surface area (Å²) in [4.78, 5) is 0. The Morgan fingerprint density at radius 2 is 2.00 bits per heavy atom. The molecule has 0 bridgehead atoms. The van der Waals surface area contributed by atoms with Crippen LogP contribution in [0.15, 0.2) is 43.0 Å². The molecule has 1 atom stereocenters. The Bertz CT molecular complexity index is 284. The third-order valence-electron chi connectivity index (χ3n) is 2.02. The standard InChI is InChI=1S/C10H14N2O/c1-3-10(13,12(2)11)9-7-5-4-6-8-9/h3-8,13H,1,11H2,2H3. The van der Waals surface area contributed by atoms with Crippen molar-refractivity contribution in [2.24, 2.45) is 5.84 Å². The van der Waals surface area contributed by atoms with Crippen LogP contribution in [0, 0.1) is 0 Å². The molecule has 0 aliphatic rings. The lowest BCUT2D eigenvalue weighted by Gasteiger charge is -2.31. The lowest BCUT2D eigenvalue weighted by atomic mass is 10.0. The average Bonchev–Trinajstić information content (AvgIpc) is 2.17. The molecule has 0 radical (unpaired) electrons. The van der Waals surface area contributed by atoms with E-state index in [0.29, 0.717) is 5.56 Å². The Morgan fingerprint density at radius 3 is 2.38 bits per heavy atom. The molecule has 0 spiro atoms. The molecular formula is C10H14N2O. The normalized spacial score (nSPS) is 15.4. The van der Waals surface area contributed by atoms with Crippen LogP contribution in [0.5, 0.6) is 0 Å². The van der Waals surface area contributed by atoms with E-state index in [1.165, 1.54) is 11.1 Å². The van der Waals surface area contributed by atoms with Crippen molar-refractivity contribution in [2.45, 2.75) is 5.72 Å². The number of likely N-dealkylation sites (N-methyl/N-ethyl adjacent to an activating group) is 1. The summed E-state index contributed by atoms with van der Waals surface area (Å²) < 4.78 is 0. The lowest BCUT2D eigenvalue weighted by molar-refractivity contribution is -0.0597. The quantitative estimate of drug-likeness (QED) is 0.312. The maximum absolute atomic E-state index is 10.1. The maximum Gasteiger partial charge on any atom is 0.175 e. The summed E-state index contributed by atoms with van der Waals surface area (Å²) in [7, 11) is 1.59. The summed E-state index contributed by atoms with van der Waals surface area (Å²) in [5.41, 5.74) is -0.587. The van der Waals surface area contributed by atoms with Gasteiger partial charge in [0.2, 0.25) is 0 Å². The molecule has 1 aromatic rings. The van der Waals surface area contributed by atoms with Crippen LogP contribution >= 0.6 is 0 Å². The highest BCUT2D eigenvalue weighted by atomic mass is 16.3. The summed E-state index contributed by atoms with van der Waals surface area (Å²) in [6.45, 7) is 3.56. The summed E-state index contributed by atoms with van der Waals surface area (Å²) >= 11 is 0. The van der Waals surface area contributed by atoms with E-state index in [9.17, 15) is 5.11 Å². The molecule has 13 heavy (non-hydrogen) atoms. The fraction of sp³-hybridized carbons (Fsp3) is 0.200. The molecule has 1 unspecified atom stereocenters. The molecule has 0 fully saturated rings. The van der Waals surface area contributed by atoms with Gasteiger partial charge in [-0.3, -0.25) is 5.84 Å². The molecule has 0 aromatic heterocycles. The monoisotopic (exact) mass is 178 g/mol. The van der Waals surface area contributed by atoms with Crippen LogP contribution in [0.2, 0.25) is 0 Å². The molecule has 3 nitrogen and oxygen atoms in total. The summed E-state index contributed by atoms with van der Waals surface area (Å²) in [6, 6.07) is 9.15. The van der Waals surface area contributed by atoms with Crippen LogP contribution in [-0.2, 0) is 5.72 Å². The zero-order valence-electron chi connectivity index (χ0n) is 7.64. The molecule has 3 heteroatoms. The van der Waals surface area contributed by atoms with Crippen molar-refractivity contribution < 1.29 is 5.11 Å². The highest BCUT2D eigenvalue weighted by molar-refractivity contribution is 5.25. The van der Waals surface area contributed by atoms with Crippen molar-refractivity contribution in [3.8, 4) is 0 Å². The molecule has 0 amide bonds. The summed E-state index contributed by atoms with van der Waals surface area (Å²) in [5.74, 6) is 5.53. The van der Waals surface area contributed by atoms with Crippen molar-refractivity contribution in [1.82, 2.24) is 5.01 Å². The van der Waals surface area contributed by atoms with Crippen molar-refractivity contribution in [2.75, 3.05) is 7.05 Å². The van der Waals surface area contributed by atoms with Crippen molar-refractivity contribution in [3.05, 3.63) is 48.6 Å². The Labute approximate surface area is 78.1 Å². The van der Waals surface area contributed by atoms with Gasteiger partial charge in [-0.2, -0.15) is 0 Å². The Hall–Kier alpha value is -1.16. The molecule has 0 heterocycles. The van der Waals surface area contributed by atoms with E-state index in [-0.39, 0.29) is 0 Å². The molecule has 0 saturated carbocycles. The second-order valence-electron chi connectivity index (χ2n) is 2.91. The zero-order valence-corrected chi connectivity index (χ0v) is 7.64. The van der Waals surface area contributed by atoms with Gasteiger partial charge in [-0.25, -0.2) is 5.01 Å². The van der Waals surface area contributed by atoms with E-state index in [4.69, 9.17) is 5.84 Å². The first-order valence-corrected chi connectivity index (χ1v) is 4.01. The topological polar surface area (TPSA) is 49.5 Å². The lowest BCUT2D eigenvalue weighted by Crippen LogP contribution is -2.46. The van der Waals surface area contributed by atoms with Gasteiger partial charge in [0.15, 0.2) is 5.72 Å². The van der Waals surface area contributed by atoms with Crippen LogP contribution < -0.4 is 5.84 Å². The predicted octanol–water partition coefficient (Wildman–Crippen LogP) is 0.823. The van der Waals surface area contributed by atoms with E-state index in [2.05, 4.69) is 6.58 Å². The van der Waals surface area contributed by atoms with Gasteiger partial charge in [0.25, 0.3) is 0 Å².